The number of nitrogens with zero attached hydrogens (tertiary/aromatic N) is 2. The van der Waals surface area contributed by atoms with E-state index < -0.39 is 0 Å². The molecule has 2 saturated heterocycles. The van der Waals surface area contributed by atoms with Crippen LogP contribution in [0.3, 0.4) is 0 Å². The van der Waals surface area contributed by atoms with Gasteiger partial charge in [0.2, 0.25) is 5.91 Å². The van der Waals surface area contributed by atoms with E-state index in [0.29, 0.717) is 19.7 Å². The van der Waals surface area contributed by atoms with Gasteiger partial charge in [-0.25, -0.2) is 4.79 Å². The summed E-state index contributed by atoms with van der Waals surface area (Å²) in [6.07, 6.45) is 3.50. The van der Waals surface area contributed by atoms with E-state index in [1.165, 1.54) is 7.11 Å². The molecule has 3 rings (SSSR count). The van der Waals surface area contributed by atoms with Gasteiger partial charge in [-0.05, 0) is 18.4 Å². The van der Waals surface area contributed by atoms with Gasteiger partial charge in [-0.3, -0.25) is 9.69 Å². The number of benzene rings is 1. The molecule has 1 aromatic rings. The summed E-state index contributed by atoms with van der Waals surface area (Å²) in [4.78, 5) is 26.7. The summed E-state index contributed by atoms with van der Waals surface area (Å²) in [5.74, 6) is -0.0297. The Labute approximate surface area is 179 Å². The SMILES string of the molecule is C=CCN1CCC(NC(=O)COC)C1.NC1CCN(C(=O)OCc2ccccc2)C1. The second-order valence-electron chi connectivity index (χ2n) is 7.57. The van der Waals surface area contributed by atoms with Crippen molar-refractivity contribution in [1.29, 1.82) is 0 Å². The van der Waals surface area contributed by atoms with E-state index >= 15 is 0 Å². The van der Waals surface area contributed by atoms with E-state index in [2.05, 4.69) is 16.8 Å². The van der Waals surface area contributed by atoms with Crippen LogP contribution >= 0.6 is 0 Å². The summed E-state index contributed by atoms with van der Waals surface area (Å²) in [6, 6.07) is 10.0. The lowest BCUT2D eigenvalue weighted by Crippen LogP contribution is -2.38. The third-order valence-electron chi connectivity index (χ3n) is 4.99. The van der Waals surface area contributed by atoms with E-state index in [1.54, 1.807) is 4.90 Å². The van der Waals surface area contributed by atoms with Crippen molar-refractivity contribution >= 4 is 12.0 Å². The minimum Gasteiger partial charge on any atom is -0.445 e. The zero-order chi connectivity index (χ0) is 21.8. The third kappa shape index (κ3) is 8.52. The number of ether oxygens (including phenoxy) is 2. The van der Waals surface area contributed by atoms with Crippen LogP contribution in [0.1, 0.15) is 18.4 Å². The number of likely N-dealkylation sites (tertiary alicyclic amines) is 2. The molecule has 2 aliphatic rings. The molecule has 8 heteroatoms. The summed E-state index contributed by atoms with van der Waals surface area (Å²) in [5, 5.41) is 2.93. The fraction of sp³-hybridized carbons (Fsp3) is 0.545. The molecule has 0 aromatic heterocycles. The molecule has 2 atom stereocenters. The number of rotatable bonds is 7. The lowest BCUT2D eigenvalue weighted by atomic mass is 10.2. The molecule has 2 amide bonds. The maximum Gasteiger partial charge on any atom is 0.410 e. The first-order chi connectivity index (χ1) is 14.5. The van der Waals surface area contributed by atoms with Gasteiger partial charge in [0.05, 0.1) is 0 Å². The lowest BCUT2D eigenvalue weighted by Gasteiger charge is -2.15. The van der Waals surface area contributed by atoms with Gasteiger partial charge in [-0.15, -0.1) is 6.58 Å². The van der Waals surface area contributed by atoms with Crippen molar-refractivity contribution in [3.05, 3.63) is 48.6 Å². The highest BCUT2D eigenvalue weighted by molar-refractivity contribution is 5.77. The zero-order valence-electron chi connectivity index (χ0n) is 17.8. The van der Waals surface area contributed by atoms with Crippen LogP contribution in [0.2, 0.25) is 0 Å². The molecule has 0 bridgehead atoms. The standard InChI is InChI=1S/C12H16N2O2.C10H18N2O2/c13-11-6-7-14(8-11)12(15)16-9-10-4-2-1-3-5-10;1-3-5-12-6-4-9(7-12)11-10(13)8-14-2/h1-5,11H,6-9,13H2;3,9H,1,4-8H2,2H3,(H,11,13). The van der Waals surface area contributed by atoms with Crippen molar-refractivity contribution in [1.82, 2.24) is 15.1 Å². The minimum absolute atomic E-state index is 0.0297. The molecule has 2 heterocycles. The first kappa shape index (κ1) is 23.9. The Bertz CT molecular complexity index is 670. The second kappa shape index (κ2) is 13.0. The van der Waals surface area contributed by atoms with E-state index in [1.807, 2.05) is 36.4 Å². The first-order valence-electron chi connectivity index (χ1n) is 10.3. The molecule has 8 nitrogen and oxygen atoms in total. The molecule has 3 N–H and O–H groups in total. The van der Waals surface area contributed by atoms with Crippen LogP contribution in [-0.4, -0.2) is 80.3 Å². The largest absolute Gasteiger partial charge is 0.445 e. The highest BCUT2D eigenvalue weighted by atomic mass is 16.6. The molecule has 166 valence electrons. The molecule has 0 aliphatic carbocycles. The maximum atomic E-state index is 11.6. The van der Waals surface area contributed by atoms with Crippen LogP contribution in [0.15, 0.2) is 43.0 Å². The van der Waals surface area contributed by atoms with Crippen LogP contribution in [0.25, 0.3) is 0 Å². The van der Waals surface area contributed by atoms with Crippen LogP contribution in [0, 0.1) is 0 Å². The van der Waals surface area contributed by atoms with E-state index in [9.17, 15) is 9.59 Å². The molecule has 0 saturated carbocycles. The topological polar surface area (TPSA) is 97.1 Å². The van der Waals surface area contributed by atoms with Gasteiger partial charge < -0.3 is 25.4 Å². The smallest absolute Gasteiger partial charge is 0.410 e. The molecule has 2 aliphatic heterocycles. The molecular formula is C22H34N4O4. The van der Waals surface area contributed by atoms with Crippen LogP contribution in [0.4, 0.5) is 4.79 Å². The molecule has 2 unspecified atom stereocenters. The van der Waals surface area contributed by atoms with Crippen molar-refractivity contribution < 1.29 is 19.1 Å². The molecule has 0 radical (unpaired) electrons. The van der Waals surface area contributed by atoms with Crippen molar-refractivity contribution in [3.8, 4) is 0 Å². The predicted molar refractivity (Wildman–Crippen MR) is 116 cm³/mol. The van der Waals surface area contributed by atoms with Gasteiger partial charge >= 0.3 is 6.09 Å². The Morgan fingerprint density at radius 2 is 2.00 bits per heavy atom. The van der Waals surface area contributed by atoms with Gasteiger partial charge in [0.1, 0.15) is 13.2 Å². The van der Waals surface area contributed by atoms with Gasteiger partial charge in [-0.2, -0.15) is 0 Å². The average Bonchev–Trinajstić information content (AvgIpc) is 3.37. The van der Waals surface area contributed by atoms with Crippen molar-refractivity contribution in [2.45, 2.75) is 31.5 Å². The fourth-order valence-electron chi connectivity index (χ4n) is 3.46. The fourth-order valence-corrected chi connectivity index (χ4v) is 3.46. The molecule has 1 aromatic carbocycles. The Kier molecular flexibility index (Phi) is 10.3. The normalized spacial score (nSPS) is 20.9. The highest BCUT2D eigenvalue weighted by Gasteiger charge is 2.24. The van der Waals surface area contributed by atoms with Crippen molar-refractivity contribution in [2.75, 3.05) is 46.4 Å². The van der Waals surface area contributed by atoms with Gasteiger partial charge in [0.15, 0.2) is 0 Å². The van der Waals surface area contributed by atoms with Crippen molar-refractivity contribution in [3.63, 3.8) is 0 Å². The van der Waals surface area contributed by atoms with E-state index in [0.717, 1.165) is 38.0 Å². The second-order valence-corrected chi connectivity index (χ2v) is 7.57. The van der Waals surface area contributed by atoms with Gasteiger partial charge in [-0.1, -0.05) is 36.4 Å². The van der Waals surface area contributed by atoms with Crippen LogP contribution in [-0.2, 0) is 20.9 Å². The quantitative estimate of drug-likeness (QED) is 0.649. The molecule has 0 spiro atoms. The number of nitrogens with two attached hydrogens (primary N) is 1. The summed E-state index contributed by atoms with van der Waals surface area (Å²) in [7, 11) is 1.53. The van der Waals surface area contributed by atoms with Gasteiger partial charge in [0, 0.05) is 51.9 Å². The zero-order valence-corrected chi connectivity index (χ0v) is 17.8. The minimum atomic E-state index is -0.267. The summed E-state index contributed by atoms with van der Waals surface area (Å²) in [6.45, 7) is 8.32. The average molecular weight is 419 g/mol. The summed E-state index contributed by atoms with van der Waals surface area (Å²) in [5.41, 5.74) is 6.72. The number of carbonyl (C=O) groups excluding carboxylic acids is 2. The Balaban J connectivity index is 0.000000216. The number of carbonyl (C=O) groups is 2. The Hall–Kier alpha value is -2.42. The Morgan fingerprint density at radius 3 is 2.63 bits per heavy atom. The lowest BCUT2D eigenvalue weighted by molar-refractivity contribution is -0.125. The first-order valence-corrected chi connectivity index (χ1v) is 10.3. The number of methoxy groups -OCH3 is 1. The van der Waals surface area contributed by atoms with Crippen LogP contribution in [0.5, 0.6) is 0 Å². The van der Waals surface area contributed by atoms with Crippen LogP contribution < -0.4 is 11.1 Å². The monoisotopic (exact) mass is 418 g/mol. The van der Waals surface area contributed by atoms with Crippen molar-refractivity contribution in [2.24, 2.45) is 5.73 Å². The number of amides is 2. The number of nitrogens with one attached hydrogen (secondary N) is 1. The molecule has 30 heavy (non-hydrogen) atoms. The number of hydrogen-bond donors (Lipinski definition) is 2. The predicted octanol–water partition coefficient (Wildman–Crippen LogP) is 1.37. The van der Waals surface area contributed by atoms with Gasteiger partial charge in [0.25, 0.3) is 0 Å². The molecular weight excluding hydrogens is 384 g/mol. The van der Waals surface area contributed by atoms with E-state index in [4.69, 9.17) is 15.2 Å². The summed E-state index contributed by atoms with van der Waals surface area (Å²) >= 11 is 0. The third-order valence-corrected chi connectivity index (χ3v) is 4.99. The van der Waals surface area contributed by atoms with E-state index in [-0.39, 0.29) is 30.7 Å². The summed E-state index contributed by atoms with van der Waals surface area (Å²) < 4.78 is 9.94. The Morgan fingerprint density at radius 1 is 1.23 bits per heavy atom. The molecule has 2 fully saturated rings. The highest BCUT2D eigenvalue weighted by Crippen LogP contribution is 2.10. The number of hydrogen-bond acceptors (Lipinski definition) is 6. The maximum absolute atomic E-state index is 11.6.